The minimum Gasteiger partial charge on any atom is -0.462 e. The van der Waals surface area contributed by atoms with Crippen molar-refractivity contribution < 1.29 is 42.3 Å². The average molecular weight is 830 g/mol. The van der Waals surface area contributed by atoms with Crippen LogP contribution >= 0.6 is 7.82 Å². The molecule has 0 saturated carbocycles. The summed E-state index contributed by atoms with van der Waals surface area (Å²) in [5.41, 5.74) is 5.34. The summed E-state index contributed by atoms with van der Waals surface area (Å²) < 4.78 is 38.3. The maximum absolute atomic E-state index is 12.6. The second-order valence-electron chi connectivity index (χ2n) is 14.2. The van der Waals surface area contributed by atoms with Gasteiger partial charge in [0.25, 0.3) is 0 Å². The third-order valence-electron chi connectivity index (χ3n) is 8.87. The Morgan fingerprint density at radius 2 is 1.14 bits per heavy atom. The van der Waals surface area contributed by atoms with Crippen LogP contribution in [0.4, 0.5) is 0 Å². The van der Waals surface area contributed by atoms with Crippen molar-refractivity contribution in [3.63, 3.8) is 0 Å². The highest BCUT2D eigenvalue weighted by Crippen LogP contribution is 2.43. The zero-order chi connectivity index (χ0) is 42.2. The van der Waals surface area contributed by atoms with Gasteiger partial charge >= 0.3 is 19.8 Å². The molecule has 11 heteroatoms. The van der Waals surface area contributed by atoms with Crippen LogP contribution in [0.5, 0.6) is 0 Å². The highest BCUT2D eigenvalue weighted by molar-refractivity contribution is 7.47. The minimum atomic E-state index is -4.42. The molecule has 0 aliphatic carbocycles. The molecular weight excluding hydrogens is 753 g/mol. The second-order valence-corrected chi connectivity index (χ2v) is 15.7. The molecule has 0 aromatic carbocycles. The summed E-state index contributed by atoms with van der Waals surface area (Å²) in [5.74, 6) is -1.00. The Morgan fingerprint density at radius 3 is 1.72 bits per heavy atom. The van der Waals surface area contributed by atoms with E-state index < -0.39 is 32.5 Å². The Kier molecular flexibility index (Phi) is 34.8. The van der Waals surface area contributed by atoms with E-state index in [1.807, 2.05) is 18.2 Å². The lowest BCUT2D eigenvalue weighted by Gasteiger charge is -2.19. The SMILES string of the molecule is CC/C=C\CC1OC1C/C=C\C/C=C\C/C=C\C/C=C\CCC(=O)O[C@H](COC(=O)CCC/C=C\C/C=C\C/C=C\CCCCCCCC)COP(=O)(O)OCCN. The zero-order valence-electron chi connectivity index (χ0n) is 35.7. The molecule has 1 rings (SSSR count). The van der Waals surface area contributed by atoms with E-state index in [0.29, 0.717) is 25.0 Å². The van der Waals surface area contributed by atoms with Gasteiger partial charge in [0, 0.05) is 19.4 Å². The summed E-state index contributed by atoms with van der Waals surface area (Å²) in [4.78, 5) is 34.8. The average Bonchev–Trinajstić information content (AvgIpc) is 3.97. The molecule has 328 valence electrons. The number of hydrogen-bond donors (Lipinski definition) is 2. The standard InChI is InChI=1S/C47H76NO9P/c1-3-5-7-8-9-10-11-12-13-14-15-16-20-23-26-29-33-37-46(49)53-41-43(42-55-58(51,52)54-40-39-48)56-47(50)38-34-30-27-24-21-18-17-19-22-25-28-32-36-45-44(57-45)35-31-6-4-2/h6,12-13,15-16,18-19,21-23,26-28,30-32,43-45H,3-5,7-11,14,17,20,24-25,29,33-42,48H2,1-2H3,(H,51,52)/b13-12-,16-15-,21-18-,22-19-,26-23-,30-27-,31-6-,32-28-/t43-,44?,45?/m1/s1. The van der Waals surface area contributed by atoms with E-state index in [-0.39, 0.29) is 32.6 Å². The van der Waals surface area contributed by atoms with Crippen molar-refractivity contribution >= 4 is 19.8 Å². The number of carbonyl (C=O) groups excluding carboxylic acids is 2. The van der Waals surface area contributed by atoms with Gasteiger partial charge in [-0.05, 0) is 83.5 Å². The van der Waals surface area contributed by atoms with Crippen LogP contribution in [-0.2, 0) is 37.4 Å². The van der Waals surface area contributed by atoms with E-state index in [1.165, 1.54) is 38.5 Å². The van der Waals surface area contributed by atoms with Crippen molar-refractivity contribution in [1.29, 1.82) is 0 Å². The first-order valence-electron chi connectivity index (χ1n) is 21.8. The molecule has 0 amide bonds. The Labute approximate surface area is 351 Å². The molecular formula is C47H76NO9P. The van der Waals surface area contributed by atoms with Crippen LogP contribution in [0.3, 0.4) is 0 Å². The fraction of sp³-hybridized carbons (Fsp3) is 0.617. The number of nitrogens with two attached hydrogens (primary N) is 1. The summed E-state index contributed by atoms with van der Waals surface area (Å²) in [6, 6.07) is 0. The molecule has 1 fully saturated rings. The number of epoxide rings is 1. The smallest absolute Gasteiger partial charge is 0.462 e. The van der Waals surface area contributed by atoms with Crippen molar-refractivity contribution in [2.45, 2.75) is 161 Å². The van der Waals surface area contributed by atoms with Crippen molar-refractivity contribution in [2.24, 2.45) is 5.73 Å². The third-order valence-corrected chi connectivity index (χ3v) is 9.85. The first kappa shape index (κ1) is 52.9. The molecule has 3 N–H and O–H groups in total. The summed E-state index contributed by atoms with van der Waals surface area (Å²) >= 11 is 0. The first-order valence-corrected chi connectivity index (χ1v) is 23.3. The number of unbranched alkanes of at least 4 members (excludes halogenated alkanes) is 7. The Hall–Kier alpha value is -3.11. The van der Waals surface area contributed by atoms with Crippen LogP contribution in [0.1, 0.15) is 142 Å². The van der Waals surface area contributed by atoms with Crippen LogP contribution in [0, 0.1) is 0 Å². The predicted octanol–water partition coefficient (Wildman–Crippen LogP) is 11.6. The lowest BCUT2D eigenvalue weighted by Crippen LogP contribution is -2.29. The minimum absolute atomic E-state index is 0.0282. The number of ether oxygens (including phenoxy) is 3. The summed E-state index contributed by atoms with van der Waals surface area (Å²) in [6.45, 7) is 3.43. The van der Waals surface area contributed by atoms with Crippen LogP contribution in [0.2, 0.25) is 0 Å². The fourth-order valence-corrected chi connectivity index (χ4v) is 6.30. The van der Waals surface area contributed by atoms with Gasteiger partial charge in [-0.25, -0.2) is 4.57 Å². The number of hydrogen-bond acceptors (Lipinski definition) is 9. The molecule has 3 unspecified atom stereocenters. The third kappa shape index (κ3) is 34.9. The van der Waals surface area contributed by atoms with Crippen LogP contribution in [-0.4, -0.2) is 61.5 Å². The van der Waals surface area contributed by atoms with Gasteiger partial charge < -0.3 is 24.8 Å². The number of phosphoric acid groups is 1. The van der Waals surface area contributed by atoms with E-state index >= 15 is 0 Å². The highest BCUT2D eigenvalue weighted by Gasteiger charge is 2.36. The van der Waals surface area contributed by atoms with Gasteiger partial charge in [0.1, 0.15) is 6.61 Å². The normalized spacial score (nSPS) is 17.7. The number of allylic oxidation sites excluding steroid dienone is 14. The molecule has 0 aromatic rings. The summed E-state index contributed by atoms with van der Waals surface area (Å²) in [7, 11) is -4.42. The molecule has 0 radical (unpaired) electrons. The number of esters is 2. The number of carbonyl (C=O) groups is 2. The van der Waals surface area contributed by atoms with Crippen molar-refractivity contribution in [3.05, 3.63) is 97.2 Å². The van der Waals surface area contributed by atoms with Crippen molar-refractivity contribution in [3.8, 4) is 0 Å². The Morgan fingerprint density at radius 1 is 0.621 bits per heavy atom. The van der Waals surface area contributed by atoms with Crippen molar-refractivity contribution in [1.82, 2.24) is 0 Å². The highest BCUT2D eigenvalue weighted by atomic mass is 31.2. The van der Waals surface area contributed by atoms with Gasteiger partial charge in [-0.2, -0.15) is 0 Å². The van der Waals surface area contributed by atoms with E-state index in [9.17, 15) is 19.0 Å². The molecule has 0 aromatic heterocycles. The van der Waals surface area contributed by atoms with Gasteiger partial charge in [0.05, 0.1) is 25.4 Å². The van der Waals surface area contributed by atoms with Gasteiger partial charge in [0.2, 0.25) is 0 Å². The topological polar surface area (TPSA) is 147 Å². The second kappa shape index (κ2) is 38.1. The zero-order valence-corrected chi connectivity index (χ0v) is 36.6. The lowest BCUT2D eigenvalue weighted by molar-refractivity contribution is -0.161. The summed E-state index contributed by atoms with van der Waals surface area (Å²) in [6.07, 6.45) is 52.2. The molecule has 1 heterocycles. The van der Waals surface area contributed by atoms with Gasteiger partial charge in [-0.3, -0.25) is 18.6 Å². The molecule has 58 heavy (non-hydrogen) atoms. The summed E-state index contributed by atoms with van der Waals surface area (Å²) in [5, 5.41) is 0. The number of rotatable bonds is 38. The van der Waals surface area contributed by atoms with E-state index in [1.54, 1.807) is 0 Å². The predicted molar refractivity (Wildman–Crippen MR) is 237 cm³/mol. The first-order chi connectivity index (χ1) is 28.3. The van der Waals surface area contributed by atoms with Crippen molar-refractivity contribution in [2.75, 3.05) is 26.4 Å². The Balaban J connectivity index is 2.27. The number of phosphoric ester groups is 1. The van der Waals surface area contributed by atoms with Crippen LogP contribution < -0.4 is 5.73 Å². The van der Waals surface area contributed by atoms with E-state index in [2.05, 4.69) is 92.8 Å². The lowest BCUT2D eigenvalue weighted by atomic mass is 10.1. The van der Waals surface area contributed by atoms with Crippen LogP contribution in [0.15, 0.2) is 97.2 Å². The van der Waals surface area contributed by atoms with Gasteiger partial charge in [0.15, 0.2) is 6.10 Å². The molecule has 1 saturated heterocycles. The fourth-order valence-electron chi connectivity index (χ4n) is 5.54. The monoisotopic (exact) mass is 830 g/mol. The van der Waals surface area contributed by atoms with E-state index in [4.69, 9.17) is 29.0 Å². The van der Waals surface area contributed by atoms with Crippen LogP contribution in [0.25, 0.3) is 0 Å². The molecule has 1 aliphatic heterocycles. The molecule has 1 aliphatic rings. The molecule has 0 spiro atoms. The van der Waals surface area contributed by atoms with Gasteiger partial charge in [-0.15, -0.1) is 0 Å². The van der Waals surface area contributed by atoms with E-state index in [0.717, 1.165) is 64.2 Å². The maximum Gasteiger partial charge on any atom is 0.472 e. The molecule has 4 atom stereocenters. The quantitative estimate of drug-likeness (QED) is 0.0203. The largest absolute Gasteiger partial charge is 0.472 e. The molecule has 0 bridgehead atoms. The maximum atomic E-state index is 12.6. The van der Waals surface area contributed by atoms with Gasteiger partial charge in [-0.1, -0.05) is 143 Å². The Bertz CT molecular complexity index is 1330. The molecule has 10 nitrogen and oxygen atoms in total.